The summed E-state index contributed by atoms with van der Waals surface area (Å²) < 4.78 is 5.47. The van der Waals surface area contributed by atoms with Gasteiger partial charge in [-0.3, -0.25) is 0 Å². The fraction of sp³-hybridized carbons (Fsp3) is 0. The zero-order valence-corrected chi connectivity index (χ0v) is 14.6. The van der Waals surface area contributed by atoms with E-state index in [1.54, 1.807) is 12.1 Å². The Balaban J connectivity index is 1.73. The van der Waals surface area contributed by atoms with E-state index in [1.807, 2.05) is 42.5 Å². The Hall–Kier alpha value is -2.96. The van der Waals surface area contributed by atoms with Gasteiger partial charge in [0.05, 0.1) is 5.56 Å². The minimum absolute atomic E-state index is 0.0210. The third-order valence-electron chi connectivity index (χ3n) is 3.66. The Morgan fingerprint density at radius 2 is 1.62 bits per heavy atom. The van der Waals surface area contributed by atoms with E-state index in [1.165, 1.54) is 0 Å². The van der Waals surface area contributed by atoms with Gasteiger partial charge in [-0.15, -0.1) is 0 Å². The van der Waals surface area contributed by atoms with Crippen molar-refractivity contribution in [3.8, 4) is 11.1 Å². The monoisotopic (exact) mass is 384 g/mol. The van der Waals surface area contributed by atoms with Crippen molar-refractivity contribution in [1.29, 1.82) is 0 Å². The molecule has 0 fully saturated rings. The summed E-state index contributed by atoms with van der Waals surface area (Å²) in [5.74, 6) is 0.192. The van der Waals surface area contributed by atoms with Crippen LogP contribution in [0.25, 0.3) is 22.1 Å². The minimum Gasteiger partial charge on any atom is -0.422 e. The largest absolute Gasteiger partial charge is 0.422 e. The van der Waals surface area contributed by atoms with Crippen LogP contribution in [0.3, 0.4) is 0 Å². The number of halogens is 2. The van der Waals surface area contributed by atoms with Gasteiger partial charge in [0, 0.05) is 17.1 Å². The summed E-state index contributed by atoms with van der Waals surface area (Å²) in [6, 6.07) is 16.5. The second-order valence-electron chi connectivity index (χ2n) is 5.39. The molecular weight excluding hydrogens is 375 g/mol. The lowest BCUT2D eigenvalue weighted by Crippen LogP contribution is -2.03. The maximum Gasteiger partial charge on any atom is 0.344 e. The van der Waals surface area contributed by atoms with Crippen molar-refractivity contribution in [3.63, 3.8) is 0 Å². The molecule has 0 saturated heterocycles. The molecule has 26 heavy (non-hydrogen) atoms. The van der Waals surface area contributed by atoms with Gasteiger partial charge in [0.2, 0.25) is 16.5 Å². The van der Waals surface area contributed by atoms with Crippen LogP contribution in [0.2, 0.25) is 10.6 Å². The number of aromatic nitrogens is 3. The fourth-order valence-corrected chi connectivity index (χ4v) is 2.88. The molecule has 0 bridgehead atoms. The van der Waals surface area contributed by atoms with E-state index in [9.17, 15) is 4.79 Å². The molecule has 0 aliphatic heterocycles. The first-order chi connectivity index (χ1) is 12.6. The second-order valence-corrected chi connectivity index (χ2v) is 6.06. The average molecular weight is 385 g/mol. The maximum atomic E-state index is 12.3. The number of nitrogens with zero attached hydrogens (tertiary/aromatic N) is 3. The van der Waals surface area contributed by atoms with E-state index >= 15 is 0 Å². The molecule has 4 aromatic rings. The van der Waals surface area contributed by atoms with Crippen LogP contribution in [0.1, 0.15) is 0 Å². The van der Waals surface area contributed by atoms with Crippen LogP contribution in [0.4, 0.5) is 11.6 Å². The number of rotatable bonds is 3. The molecule has 0 saturated carbocycles. The van der Waals surface area contributed by atoms with E-state index in [-0.39, 0.29) is 16.5 Å². The molecule has 0 radical (unpaired) electrons. The van der Waals surface area contributed by atoms with Gasteiger partial charge in [0.1, 0.15) is 5.58 Å². The fourth-order valence-electron chi connectivity index (χ4n) is 2.52. The Morgan fingerprint density at radius 1 is 0.885 bits per heavy atom. The second kappa shape index (κ2) is 6.74. The number of fused-ring (bicyclic) bond motifs is 1. The van der Waals surface area contributed by atoms with Crippen molar-refractivity contribution in [2.45, 2.75) is 0 Å². The third kappa shape index (κ3) is 3.37. The number of anilines is 2. The first kappa shape index (κ1) is 16.5. The van der Waals surface area contributed by atoms with Gasteiger partial charge < -0.3 is 9.73 Å². The number of benzene rings is 2. The highest BCUT2D eigenvalue weighted by molar-refractivity contribution is 6.31. The van der Waals surface area contributed by atoms with Crippen LogP contribution in [-0.2, 0) is 0 Å². The van der Waals surface area contributed by atoms with Gasteiger partial charge >= 0.3 is 5.63 Å². The standard InChI is InChI=1S/C18H10Cl2N4O2/c19-16-22-17(20)24-18(23-16)21-12-7-6-11-8-13(10-4-2-1-3-5-10)15(25)26-14(11)9-12/h1-9H,(H,21,22,23,24). The smallest absolute Gasteiger partial charge is 0.344 e. The summed E-state index contributed by atoms with van der Waals surface area (Å²) >= 11 is 11.5. The molecule has 0 spiro atoms. The first-order valence-electron chi connectivity index (χ1n) is 7.56. The molecule has 1 N–H and O–H groups in total. The lowest BCUT2D eigenvalue weighted by atomic mass is 10.1. The summed E-state index contributed by atoms with van der Waals surface area (Å²) in [6.07, 6.45) is 0. The zero-order chi connectivity index (χ0) is 18.1. The Labute approximate surface area is 157 Å². The third-order valence-corrected chi connectivity index (χ3v) is 4.00. The zero-order valence-electron chi connectivity index (χ0n) is 13.1. The summed E-state index contributed by atoms with van der Waals surface area (Å²) in [7, 11) is 0. The number of hydrogen-bond donors (Lipinski definition) is 1. The van der Waals surface area contributed by atoms with E-state index < -0.39 is 5.63 Å². The topological polar surface area (TPSA) is 80.9 Å². The molecule has 128 valence electrons. The van der Waals surface area contributed by atoms with Gasteiger partial charge in [0.25, 0.3) is 0 Å². The van der Waals surface area contributed by atoms with Crippen molar-refractivity contribution in [2.75, 3.05) is 5.32 Å². The number of nitrogens with one attached hydrogen (secondary N) is 1. The summed E-state index contributed by atoms with van der Waals surface area (Å²) in [6.45, 7) is 0. The van der Waals surface area contributed by atoms with Crippen LogP contribution >= 0.6 is 23.2 Å². The summed E-state index contributed by atoms with van der Waals surface area (Å²) in [5, 5.41) is 3.70. The molecule has 2 aromatic carbocycles. The van der Waals surface area contributed by atoms with Crippen LogP contribution in [0, 0.1) is 0 Å². The highest BCUT2D eigenvalue weighted by Crippen LogP contribution is 2.24. The van der Waals surface area contributed by atoms with Crippen LogP contribution in [0.15, 0.2) is 63.8 Å². The van der Waals surface area contributed by atoms with Crippen LogP contribution < -0.4 is 10.9 Å². The van der Waals surface area contributed by atoms with E-state index in [0.29, 0.717) is 16.8 Å². The molecule has 4 rings (SSSR count). The first-order valence-corrected chi connectivity index (χ1v) is 8.31. The molecular formula is C18H10Cl2N4O2. The van der Waals surface area contributed by atoms with E-state index in [4.69, 9.17) is 27.6 Å². The van der Waals surface area contributed by atoms with Crippen LogP contribution in [0.5, 0.6) is 0 Å². The van der Waals surface area contributed by atoms with Gasteiger partial charge in [0.15, 0.2) is 0 Å². The van der Waals surface area contributed by atoms with Crippen molar-refractivity contribution in [3.05, 3.63) is 75.6 Å². The Bertz CT molecular complexity index is 1140. The lowest BCUT2D eigenvalue weighted by molar-refractivity contribution is 0.563. The summed E-state index contributed by atoms with van der Waals surface area (Å²) in [5.41, 5.74) is 1.96. The van der Waals surface area contributed by atoms with E-state index in [0.717, 1.165) is 10.9 Å². The molecule has 2 heterocycles. The maximum absolute atomic E-state index is 12.3. The lowest BCUT2D eigenvalue weighted by Gasteiger charge is -2.07. The van der Waals surface area contributed by atoms with Gasteiger partial charge in [-0.2, -0.15) is 15.0 Å². The molecule has 8 heteroatoms. The highest BCUT2D eigenvalue weighted by atomic mass is 35.5. The quantitative estimate of drug-likeness (QED) is 0.515. The average Bonchev–Trinajstić information content (AvgIpc) is 2.61. The van der Waals surface area contributed by atoms with E-state index in [2.05, 4.69) is 20.3 Å². The molecule has 0 amide bonds. The van der Waals surface area contributed by atoms with Crippen LogP contribution in [-0.4, -0.2) is 15.0 Å². The molecule has 2 aromatic heterocycles. The predicted octanol–water partition coefficient (Wildman–Crippen LogP) is 4.70. The normalized spacial score (nSPS) is 10.8. The van der Waals surface area contributed by atoms with Crippen molar-refractivity contribution in [1.82, 2.24) is 15.0 Å². The van der Waals surface area contributed by atoms with Crippen molar-refractivity contribution < 1.29 is 4.42 Å². The van der Waals surface area contributed by atoms with Crippen molar-refractivity contribution >= 4 is 45.8 Å². The molecule has 6 nitrogen and oxygen atoms in total. The Morgan fingerprint density at radius 3 is 2.35 bits per heavy atom. The van der Waals surface area contributed by atoms with Gasteiger partial charge in [-0.25, -0.2) is 4.79 Å². The molecule has 0 atom stereocenters. The molecule has 0 unspecified atom stereocenters. The molecule has 0 aliphatic carbocycles. The summed E-state index contributed by atoms with van der Waals surface area (Å²) in [4.78, 5) is 23.9. The molecule has 0 aliphatic rings. The number of hydrogen-bond acceptors (Lipinski definition) is 6. The van der Waals surface area contributed by atoms with Gasteiger partial charge in [-0.05, 0) is 47.0 Å². The minimum atomic E-state index is -0.410. The van der Waals surface area contributed by atoms with Gasteiger partial charge in [-0.1, -0.05) is 30.3 Å². The Kier molecular flexibility index (Phi) is 4.28. The highest BCUT2D eigenvalue weighted by Gasteiger charge is 2.09. The predicted molar refractivity (Wildman–Crippen MR) is 101 cm³/mol. The SMILES string of the molecule is O=c1oc2cc(Nc3nc(Cl)nc(Cl)n3)ccc2cc1-c1ccccc1. The van der Waals surface area contributed by atoms with Crippen molar-refractivity contribution in [2.24, 2.45) is 0 Å².